The van der Waals surface area contributed by atoms with E-state index in [1.54, 1.807) is 0 Å². The summed E-state index contributed by atoms with van der Waals surface area (Å²) in [5.74, 6) is -1.14. The molecule has 0 saturated heterocycles. The topological polar surface area (TPSA) is 105 Å². The molecule has 0 heterocycles. The molecule has 0 spiro atoms. The van der Waals surface area contributed by atoms with Gasteiger partial charge in [0.25, 0.3) is 0 Å². The molecular weight excluding hydrogens is 388 g/mol. The van der Waals surface area contributed by atoms with E-state index in [1.165, 1.54) is 7.05 Å². The number of carboxylic acid groups (broad SMARTS) is 1. The monoisotopic (exact) mass is 414 g/mol. The van der Waals surface area contributed by atoms with Crippen molar-refractivity contribution in [3.8, 4) is 0 Å². The van der Waals surface area contributed by atoms with Gasteiger partial charge in [0.15, 0.2) is 0 Å². The van der Waals surface area contributed by atoms with Gasteiger partial charge in [-0.3, -0.25) is 4.90 Å². The van der Waals surface area contributed by atoms with E-state index in [9.17, 15) is 19.5 Å². The number of nitrogens with one attached hydrogen (secondary N) is 1. The van der Waals surface area contributed by atoms with Crippen LogP contribution in [0.2, 0.25) is 0 Å². The number of alkyl carbamates (subject to hydrolysis) is 1. The van der Waals surface area contributed by atoms with E-state index in [4.69, 9.17) is 9.47 Å². The van der Waals surface area contributed by atoms with Crippen LogP contribution in [0, 0.1) is 0 Å². The van der Waals surface area contributed by atoms with Gasteiger partial charge in [0.1, 0.15) is 19.3 Å². The number of carbonyl (C=O) groups excluding carboxylic acids is 2. The van der Waals surface area contributed by atoms with Crippen molar-refractivity contribution in [2.75, 3.05) is 13.6 Å². The molecule has 1 unspecified atom stereocenters. The summed E-state index contributed by atoms with van der Waals surface area (Å²) < 4.78 is 10.3. The average molecular weight is 414 g/mol. The Bertz CT molecular complexity index is 813. The molecule has 2 N–H and O–H groups in total. The van der Waals surface area contributed by atoms with Crippen LogP contribution in [0.1, 0.15) is 24.0 Å². The van der Waals surface area contributed by atoms with Crippen molar-refractivity contribution in [2.24, 2.45) is 0 Å². The van der Waals surface area contributed by atoms with Crippen LogP contribution in [0.25, 0.3) is 0 Å². The Morgan fingerprint density at radius 1 is 0.933 bits per heavy atom. The van der Waals surface area contributed by atoms with Crippen molar-refractivity contribution >= 4 is 18.2 Å². The number of amides is 2. The molecule has 30 heavy (non-hydrogen) atoms. The highest BCUT2D eigenvalue weighted by atomic mass is 16.6. The molecule has 2 aromatic rings. The fourth-order valence-electron chi connectivity index (χ4n) is 2.69. The van der Waals surface area contributed by atoms with Crippen LogP contribution in [-0.2, 0) is 27.5 Å². The van der Waals surface area contributed by atoms with Gasteiger partial charge in [0.2, 0.25) is 0 Å². The van der Waals surface area contributed by atoms with Gasteiger partial charge in [-0.05, 0) is 24.0 Å². The summed E-state index contributed by atoms with van der Waals surface area (Å²) in [7, 11) is 1.38. The van der Waals surface area contributed by atoms with Gasteiger partial charge in [0, 0.05) is 13.6 Å². The summed E-state index contributed by atoms with van der Waals surface area (Å²) in [5.41, 5.74) is 1.68. The number of benzene rings is 2. The van der Waals surface area contributed by atoms with Gasteiger partial charge in [-0.15, -0.1) is 0 Å². The van der Waals surface area contributed by atoms with Gasteiger partial charge in [-0.2, -0.15) is 0 Å². The number of rotatable bonds is 10. The van der Waals surface area contributed by atoms with Gasteiger partial charge in [-0.1, -0.05) is 60.7 Å². The molecule has 8 nitrogen and oxygen atoms in total. The highest BCUT2D eigenvalue weighted by Gasteiger charge is 2.27. The smallest absolute Gasteiger partial charge is 0.410 e. The Morgan fingerprint density at radius 3 is 2.00 bits per heavy atom. The van der Waals surface area contributed by atoms with Gasteiger partial charge in [-0.25, -0.2) is 14.4 Å². The Labute approximate surface area is 175 Å². The Balaban J connectivity index is 1.70. The maximum absolute atomic E-state index is 12.2. The van der Waals surface area contributed by atoms with E-state index >= 15 is 0 Å². The van der Waals surface area contributed by atoms with Gasteiger partial charge >= 0.3 is 18.2 Å². The predicted octanol–water partition coefficient (Wildman–Crippen LogP) is 3.41. The van der Waals surface area contributed by atoms with Crippen LogP contribution in [0.5, 0.6) is 0 Å². The zero-order chi connectivity index (χ0) is 21.8. The molecule has 0 bridgehead atoms. The number of hydrogen-bond acceptors (Lipinski definition) is 5. The standard InChI is InChI=1S/C22H26N2O6/c1-24(22(28)30-16-18-11-6-3-7-12-18)19(20(25)26)13-8-14-23-21(27)29-15-17-9-4-2-5-10-17/h2-7,9-12,19H,8,13-16H2,1H3,(H,23,27)(H,25,26). The lowest BCUT2D eigenvalue weighted by Gasteiger charge is -2.24. The first-order chi connectivity index (χ1) is 14.5. The zero-order valence-electron chi connectivity index (χ0n) is 16.8. The van der Waals surface area contributed by atoms with E-state index < -0.39 is 24.2 Å². The normalized spacial score (nSPS) is 11.2. The van der Waals surface area contributed by atoms with E-state index in [-0.39, 0.29) is 26.2 Å². The maximum atomic E-state index is 12.2. The van der Waals surface area contributed by atoms with Gasteiger partial charge < -0.3 is 19.9 Å². The first-order valence-electron chi connectivity index (χ1n) is 9.58. The Hall–Kier alpha value is -3.55. The van der Waals surface area contributed by atoms with Crippen molar-refractivity contribution in [3.63, 3.8) is 0 Å². The minimum atomic E-state index is -1.14. The summed E-state index contributed by atoms with van der Waals surface area (Å²) in [6.07, 6.45) is -0.790. The van der Waals surface area contributed by atoms with Crippen molar-refractivity contribution in [3.05, 3.63) is 71.8 Å². The molecule has 8 heteroatoms. The molecule has 2 aromatic carbocycles. The quantitative estimate of drug-likeness (QED) is 0.577. The number of aliphatic carboxylic acids is 1. The molecule has 0 aliphatic rings. The highest BCUT2D eigenvalue weighted by Crippen LogP contribution is 2.09. The third-order valence-corrected chi connectivity index (χ3v) is 4.38. The Kier molecular flexibility index (Phi) is 9.18. The molecule has 0 aliphatic carbocycles. The average Bonchev–Trinajstić information content (AvgIpc) is 2.76. The van der Waals surface area contributed by atoms with E-state index in [1.807, 2.05) is 60.7 Å². The van der Waals surface area contributed by atoms with Crippen molar-refractivity contribution in [1.82, 2.24) is 10.2 Å². The summed E-state index contributed by atoms with van der Waals surface area (Å²) in [6.45, 7) is 0.440. The lowest BCUT2D eigenvalue weighted by Crippen LogP contribution is -2.43. The number of nitrogens with zero attached hydrogens (tertiary/aromatic N) is 1. The lowest BCUT2D eigenvalue weighted by atomic mass is 10.1. The minimum Gasteiger partial charge on any atom is -0.480 e. The van der Waals surface area contributed by atoms with Crippen LogP contribution in [0.3, 0.4) is 0 Å². The third-order valence-electron chi connectivity index (χ3n) is 4.38. The third kappa shape index (κ3) is 7.83. The maximum Gasteiger partial charge on any atom is 0.410 e. The second-order valence-corrected chi connectivity index (χ2v) is 6.64. The van der Waals surface area contributed by atoms with Crippen LogP contribution in [0.15, 0.2) is 60.7 Å². The second kappa shape index (κ2) is 12.1. The summed E-state index contributed by atoms with van der Waals surface area (Å²) in [4.78, 5) is 36.5. The van der Waals surface area contributed by atoms with Crippen molar-refractivity contribution < 1.29 is 29.0 Å². The van der Waals surface area contributed by atoms with Crippen molar-refractivity contribution in [1.29, 1.82) is 0 Å². The fourth-order valence-corrected chi connectivity index (χ4v) is 2.69. The van der Waals surface area contributed by atoms with E-state index in [2.05, 4.69) is 5.32 Å². The molecule has 1 atom stereocenters. The van der Waals surface area contributed by atoms with Crippen molar-refractivity contribution in [2.45, 2.75) is 32.1 Å². The van der Waals surface area contributed by atoms with Crippen LogP contribution in [-0.4, -0.2) is 47.8 Å². The summed E-state index contributed by atoms with van der Waals surface area (Å²) in [5, 5.41) is 12.0. The first-order valence-corrected chi connectivity index (χ1v) is 9.58. The number of hydrogen-bond donors (Lipinski definition) is 2. The number of likely N-dealkylation sites (N-methyl/N-ethyl adjacent to an activating group) is 1. The van der Waals surface area contributed by atoms with Crippen LogP contribution >= 0.6 is 0 Å². The molecule has 0 aromatic heterocycles. The number of ether oxygens (including phenoxy) is 2. The number of carboxylic acids is 1. The zero-order valence-corrected chi connectivity index (χ0v) is 16.8. The summed E-state index contributed by atoms with van der Waals surface area (Å²) in [6, 6.07) is 17.3. The molecule has 160 valence electrons. The predicted molar refractivity (Wildman–Crippen MR) is 110 cm³/mol. The molecule has 0 saturated carbocycles. The second-order valence-electron chi connectivity index (χ2n) is 6.64. The summed E-state index contributed by atoms with van der Waals surface area (Å²) >= 11 is 0. The largest absolute Gasteiger partial charge is 0.480 e. The Morgan fingerprint density at radius 2 is 1.47 bits per heavy atom. The molecule has 2 amide bonds. The molecular formula is C22H26N2O6. The van der Waals surface area contributed by atoms with E-state index in [0.717, 1.165) is 16.0 Å². The lowest BCUT2D eigenvalue weighted by molar-refractivity contribution is -0.142. The fraction of sp³-hybridized carbons (Fsp3) is 0.318. The highest BCUT2D eigenvalue weighted by molar-refractivity contribution is 5.79. The first kappa shape index (κ1) is 22.7. The molecule has 2 rings (SSSR count). The number of carbonyl (C=O) groups is 3. The van der Waals surface area contributed by atoms with E-state index in [0.29, 0.717) is 6.42 Å². The molecule has 0 radical (unpaired) electrons. The molecule has 0 fully saturated rings. The SMILES string of the molecule is CN(C(=O)OCc1ccccc1)C(CCCNC(=O)OCc1ccccc1)C(=O)O. The van der Waals surface area contributed by atoms with Crippen LogP contribution in [0.4, 0.5) is 9.59 Å². The van der Waals surface area contributed by atoms with Crippen LogP contribution < -0.4 is 5.32 Å². The minimum absolute atomic E-state index is 0.0607. The molecule has 0 aliphatic heterocycles. The van der Waals surface area contributed by atoms with Gasteiger partial charge in [0.05, 0.1) is 0 Å².